The molecule has 1 rings (SSSR count). The quantitative estimate of drug-likeness (QED) is 0.700. The van der Waals surface area contributed by atoms with Crippen molar-refractivity contribution in [2.24, 2.45) is 0 Å². The fourth-order valence-corrected chi connectivity index (χ4v) is 1.46. The highest BCUT2D eigenvalue weighted by Gasteiger charge is 2.04. The number of rotatable bonds is 4. The molecule has 0 bridgehead atoms. The van der Waals surface area contributed by atoms with Gasteiger partial charge in [-0.25, -0.2) is 0 Å². The van der Waals surface area contributed by atoms with E-state index in [9.17, 15) is 0 Å². The molecule has 3 N–H and O–H groups in total. The highest BCUT2D eigenvalue weighted by molar-refractivity contribution is 5.15. The monoisotopic (exact) mass is 164 g/mol. The van der Waals surface area contributed by atoms with E-state index in [-0.39, 0.29) is 0 Å². The van der Waals surface area contributed by atoms with E-state index in [1.54, 1.807) is 0 Å². The highest BCUT2D eigenvalue weighted by atomic mass is 14.6. The van der Waals surface area contributed by atoms with Gasteiger partial charge in [0.15, 0.2) is 0 Å². The third-order valence-corrected chi connectivity index (χ3v) is 2.06. The first kappa shape index (κ1) is 9.27. The lowest BCUT2D eigenvalue weighted by Crippen LogP contribution is -2.61. The van der Waals surface area contributed by atoms with Gasteiger partial charge >= 0.3 is 0 Å². The minimum atomic E-state index is 0.581. The van der Waals surface area contributed by atoms with Crippen molar-refractivity contribution in [2.45, 2.75) is 32.2 Å². The van der Waals surface area contributed by atoms with Gasteiger partial charge in [-0.05, 0) is 12.0 Å². The Labute approximate surface area is 74.6 Å². The lowest BCUT2D eigenvalue weighted by Gasteiger charge is -2.06. The van der Waals surface area contributed by atoms with Gasteiger partial charge in [0, 0.05) is 6.42 Å². The van der Waals surface area contributed by atoms with Crippen LogP contribution in [0.4, 0.5) is 0 Å². The number of hydrogen-bond donors (Lipinski definition) is 1. The van der Waals surface area contributed by atoms with Crippen LogP contribution < -0.4 is 5.73 Å². The molecule has 0 aromatic heterocycles. The van der Waals surface area contributed by atoms with Crippen molar-refractivity contribution in [3.63, 3.8) is 0 Å². The molecule has 0 saturated heterocycles. The highest BCUT2D eigenvalue weighted by Crippen LogP contribution is 2.03. The van der Waals surface area contributed by atoms with Crippen LogP contribution in [0.25, 0.3) is 0 Å². The first-order chi connectivity index (χ1) is 5.83. The second-order valence-corrected chi connectivity index (χ2v) is 3.34. The van der Waals surface area contributed by atoms with Gasteiger partial charge in [0.1, 0.15) is 0 Å². The average Bonchev–Trinajstić information content (AvgIpc) is 2.06. The van der Waals surface area contributed by atoms with Crippen LogP contribution in [0, 0.1) is 0 Å². The fraction of sp³-hybridized carbons (Fsp3) is 0.455. The fourth-order valence-electron chi connectivity index (χ4n) is 1.46. The van der Waals surface area contributed by atoms with Crippen molar-refractivity contribution in [3.8, 4) is 0 Å². The predicted molar refractivity (Wildman–Crippen MR) is 51.7 cm³/mol. The molecule has 0 radical (unpaired) electrons. The number of quaternary nitrogens is 1. The van der Waals surface area contributed by atoms with Crippen molar-refractivity contribution in [1.82, 2.24) is 0 Å². The molecule has 1 atom stereocenters. The standard InChI is InChI=1S/C11H17N/c1-2-6-11(12)9-10-7-4-3-5-8-10/h3-5,7-8,11H,2,6,9,12H2,1H3/p+1. The normalized spacial score (nSPS) is 12.8. The Balaban J connectivity index is 2.41. The molecule has 0 aliphatic rings. The first-order valence-electron chi connectivity index (χ1n) is 4.70. The third kappa shape index (κ3) is 3.05. The van der Waals surface area contributed by atoms with Gasteiger partial charge in [-0.3, -0.25) is 0 Å². The molecule has 0 aliphatic heterocycles. The van der Waals surface area contributed by atoms with Gasteiger partial charge in [0.25, 0.3) is 0 Å². The van der Waals surface area contributed by atoms with Crippen LogP contribution in [0.1, 0.15) is 25.3 Å². The molecule has 0 heterocycles. The molecule has 1 nitrogen and oxygen atoms in total. The minimum absolute atomic E-state index is 0.581. The van der Waals surface area contributed by atoms with E-state index in [4.69, 9.17) is 0 Å². The topological polar surface area (TPSA) is 27.6 Å². The number of hydrogen-bond acceptors (Lipinski definition) is 0. The molecule has 0 spiro atoms. The van der Waals surface area contributed by atoms with Gasteiger partial charge in [-0.15, -0.1) is 0 Å². The van der Waals surface area contributed by atoms with Gasteiger partial charge in [0.05, 0.1) is 6.04 Å². The van der Waals surface area contributed by atoms with Crippen molar-refractivity contribution in [1.29, 1.82) is 0 Å². The van der Waals surface area contributed by atoms with Crippen molar-refractivity contribution in [2.75, 3.05) is 0 Å². The van der Waals surface area contributed by atoms with E-state index in [0.29, 0.717) is 6.04 Å². The molecule has 1 unspecified atom stereocenters. The van der Waals surface area contributed by atoms with Crippen LogP contribution in [-0.4, -0.2) is 6.04 Å². The SMILES string of the molecule is CCCC([NH3+])Cc1ccccc1. The summed E-state index contributed by atoms with van der Waals surface area (Å²) in [7, 11) is 0. The minimum Gasteiger partial charge on any atom is -0.355 e. The van der Waals surface area contributed by atoms with Gasteiger partial charge in [-0.1, -0.05) is 43.7 Å². The molecule has 0 fully saturated rings. The van der Waals surface area contributed by atoms with Crippen LogP contribution in [0.15, 0.2) is 30.3 Å². The van der Waals surface area contributed by atoms with Crippen molar-refractivity contribution in [3.05, 3.63) is 35.9 Å². The number of benzene rings is 1. The molecule has 0 aliphatic carbocycles. The Morgan fingerprint density at radius 1 is 1.25 bits per heavy atom. The summed E-state index contributed by atoms with van der Waals surface area (Å²) in [5.41, 5.74) is 5.53. The molecule has 66 valence electrons. The summed E-state index contributed by atoms with van der Waals surface area (Å²) in [4.78, 5) is 0. The lowest BCUT2D eigenvalue weighted by atomic mass is 10.0. The van der Waals surface area contributed by atoms with E-state index in [2.05, 4.69) is 43.0 Å². The van der Waals surface area contributed by atoms with E-state index in [1.165, 1.54) is 18.4 Å². The van der Waals surface area contributed by atoms with E-state index < -0.39 is 0 Å². The lowest BCUT2D eigenvalue weighted by molar-refractivity contribution is -0.420. The summed E-state index contributed by atoms with van der Waals surface area (Å²) in [6.07, 6.45) is 3.59. The maximum absolute atomic E-state index is 4.12. The summed E-state index contributed by atoms with van der Waals surface area (Å²) < 4.78 is 0. The smallest absolute Gasteiger partial charge is 0.0884 e. The third-order valence-electron chi connectivity index (χ3n) is 2.06. The first-order valence-corrected chi connectivity index (χ1v) is 4.70. The zero-order chi connectivity index (χ0) is 8.81. The zero-order valence-corrected chi connectivity index (χ0v) is 7.79. The second-order valence-electron chi connectivity index (χ2n) is 3.34. The largest absolute Gasteiger partial charge is 0.355 e. The summed E-state index contributed by atoms with van der Waals surface area (Å²) in [5.74, 6) is 0. The van der Waals surface area contributed by atoms with Crippen LogP contribution in [0.3, 0.4) is 0 Å². The van der Waals surface area contributed by atoms with Crippen molar-refractivity contribution < 1.29 is 5.73 Å². The maximum atomic E-state index is 4.12. The van der Waals surface area contributed by atoms with Crippen LogP contribution in [0.2, 0.25) is 0 Å². The summed E-state index contributed by atoms with van der Waals surface area (Å²) in [6.45, 7) is 2.21. The predicted octanol–water partition coefficient (Wildman–Crippen LogP) is 1.64. The van der Waals surface area contributed by atoms with Crippen LogP contribution in [-0.2, 0) is 6.42 Å². The molecular weight excluding hydrogens is 146 g/mol. The molecular formula is C11H18N+. The molecule has 1 aromatic carbocycles. The van der Waals surface area contributed by atoms with Gasteiger partial charge in [-0.2, -0.15) is 0 Å². The Morgan fingerprint density at radius 2 is 1.92 bits per heavy atom. The van der Waals surface area contributed by atoms with Crippen LogP contribution in [0.5, 0.6) is 0 Å². The van der Waals surface area contributed by atoms with Gasteiger partial charge in [0.2, 0.25) is 0 Å². The summed E-state index contributed by atoms with van der Waals surface area (Å²) >= 11 is 0. The Bertz CT molecular complexity index is 206. The Kier molecular flexibility index (Phi) is 3.81. The molecule has 0 saturated carbocycles. The van der Waals surface area contributed by atoms with E-state index in [0.717, 1.165) is 6.42 Å². The average molecular weight is 164 g/mol. The van der Waals surface area contributed by atoms with Crippen LogP contribution >= 0.6 is 0 Å². The molecule has 1 heteroatoms. The van der Waals surface area contributed by atoms with E-state index >= 15 is 0 Å². The molecule has 12 heavy (non-hydrogen) atoms. The summed E-state index contributed by atoms with van der Waals surface area (Å²) in [5, 5.41) is 0. The molecule has 1 aromatic rings. The maximum Gasteiger partial charge on any atom is 0.0884 e. The Hall–Kier alpha value is -0.820. The molecule has 0 amide bonds. The van der Waals surface area contributed by atoms with E-state index in [1.807, 2.05) is 0 Å². The van der Waals surface area contributed by atoms with Crippen molar-refractivity contribution >= 4 is 0 Å². The van der Waals surface area contributed by atoms with Gasteiger partial charge < -0.3 is 5.73 Å². The second kappa shape index (κ2) is 4.94. The zero-order valence-electron chi connectivity index (χ0n) is 7.79. The summed E-state index contributed by atoms with van der Waals surface area (Å²) in [6, 6.07) is 11.2. The Morgan fingerprint density at radius 3 is 2.50 bits per heavy atom.